The second-order valence-electron chi connectivity index (χ2n) is 8.12. The molecular weight excluding hydrogens is 364 g/mol. The van der Waals surface area contributed by atoms with Crippen molar-refractivity contribution < 1.29 is 4.79 Å². The Labute approximate surface area is 171 Å². The first kappa shape index (κ1) is 19.4. The normalized spacial score (nSPS) is 18.2. The van der Waals surface area contributed by atoms with E-state index < -0.39 is 0 Å². The van der Waals surface area contributed by atoms with Crippen molar-refractivity contribution in [2.24, 2.45) is 11.8 Å². The van der Waals surface area contributed by atoms with Crippen LogP contribution in [-0.4, -0.2) is 49.5 Å². The Morgan fingerprint density at radius 3 is 2.83 bits per heavy atom. The summed E-state index contributed by atoms with van der Waals surface area (Å²) in [4.78, 5) is 27.9. The fourth-order valence-corrected chi connectivity index (χ4v) is 4.00. The molecule has 1 fully saturated rings. The SMILES string of the molecule is CC(C)C(=O)N1CCCC(C(C)Nc2nccc(-n3cnc4ccccc43)n2)C1. The molecule has 1 aliphatic rings. The second kappa shape index (κ2) is 8.19. The van der Waals surface area contributed by atoms with Crippen LogP contribution in [0.5, 0.6) is 0 Å². The van der Waals surface area contributed by atoms with E-state index >= 15 is 0 Å². The summed E-state index contributed by atoms with van der Waals surface area (Å²) < 4.78 is 1.97. The number of para-hydroxylation sites is 2. The summed E-state index contributed by atoms with van der Waals surface area (Å²) in [6, 6.07) is 10.0. The highest BCUT2D eigenvalue weighted by molar-refractivity contribution is 5.78. The topological polar surface area (TPSA) is 75.9 Å². The third-order valence-electron chi connectivity index (χ3n) is 5.67. The molecule has 29 heavy (non-hydrogen) atoms. The van der Waals surface area contributed by atoms with Crippen molar-refractivity contribution in [2.75, 3.05) is 18.4 Å². The van der Waals surface area contributed by atoms with Gasteiger partial charge in [-0.25, -0.2) is 9.97 Å². The molecule has 1 saturated heterocycles. The molecule has 2 unspecified atom stereocenters. The van der Waals surface area contributed by atoms with Crippen LogP contribution in [0.3, 0.4) is 0 Å². The molecule has 1 N–H and O–H groups in total. The number of carbonyl (C=O) groups excluding carboxylic acids is 1. The summed E-state index contributed by atoms with van der Waals surface area (Å²) in [5.74, 6) is 2.05. The molecule has 2 aromatic heterocycles. The van der Waals surface area contributed by atoms with Crippen LogP contribution in [0.4, 0.5) is 5.95 Å². The molecule has 0 bridgehead atoms. The highest BCUT2D eigenvalue weighted by Crippen LogP contribution is 2.23. The van der Waals surface area contributed by atoms with Gasteiger partial charge in [-0.05, 0) is 43.9 Å². The predicted molar refractivity (Wildman–Crippen MR) is 114 cm³/mol. The Kier molecular flexibility index (Phi) is 5.47. The lowest BCUT2D eigenvalue weighted by molar-refractivity contribution is -0.136. The maximum Gasteiger partial charge on any atom is 0.225 e. The van der Waals surface area contributed by atoms with Crippen LogP contribution in [0.25, 0.3) is 16.9 Å². The van der Waals surface area contributed by atoms with Gasteiger partial charge in [-0.2, -0.15) is 4.98 Å². The number of imidazole rings is 1. The number of likely N-dealkylation sites (tertiary alicyclic amines) is 1. The molecular formula is C22H28N6O. The first-order valence-corrected chi connectivity index (χ1v) is 10.3. The number of anilines is 1. The van der Waals surface area contributed by atoms with Crippen molar-refractivity contribution >= 4 is 22.9 Å². The summed E-state index contributed by atoms with van der Waals surface area (Å²) in [5.41, 5.74) is 1.95. The number of hydrogen-bond acceptors (Lipinski definition) is 5. The van der Waals surface area contributed by atoms with Crippen molar-refractivity contribution in [3.05, 3.63) is 42.9 Å². The van der Waals surface area contributed by atoms with E-state index in [1.807, 2.05) is 53.6 Å². The Morgan fingerprint density at radius 2 is 2.00 bits per heavy atom. The molecule has 7 nitrogen and oxygen atoms in total. The van der Waals surface area contributed by atoms with Gasteiger partial charge in [0.15, 0.2) is 0 Å². The average molecular weight is 393 g/mol. The van der Waals surface area contributed by atoms with E-state index in [0.717, 1.165) is 42.8 Å². The molecule has 7 heteroatoms. The second-order valence-corrected chi connectivity index (χ2v) is 8.12. The molecule has 0 saturated carbocycles. The molecule has 2 atom stereocenters. The highest BCUT2D eigenvalue weighted by atomic mass is 16.2. The third-order valence-corrected chi connectivity index (χ3v) is 5.67. The van der Waals surface area contributed by atoms with Crippen LogP contribution < -0.4 is 5.32 Å². The number of carbonyl (C=O) groups is 1. The lowest BCUT2D eigenvalue weighted by Crippen LogP contribution is -2.46. The minimum absolute atomic E-state index is 0.0435. The zero-order valence-electron chi connectivity index (χ0n) is 17.2. The molecule has 3 heterocycles. The maximum absolute atomic E-state index is 12.4. The Hall–Kier alpha value is -2.96. The van der Waals surface area contributed by atoms with Crippen molar-refractivity contribution in [1.29, 1.82) is 0 Å². The van der Waals surface area contributed by atoms with E-state index in [-0.39, 0.29) is 17.9 Å². The third kappa shape index (κ3) is 4.09. The van der Waals surface area contributed by atoms with Crippen molar-refractivity contribution in [3.8, 4) is 5.82 Å². The average Bonchev–Trinajstić information content (AvgIpc) is 3.17. The standard InChI is InChI=1S/C22H28N6O/c1-15(2)21(29)27-12-6-7-17(13-27)16(3)25-22-23-11-10-20(26-22)28-14-24-18-8-4-5-9-19(18)28/h4-5,8-11,14-17H,6-7,12-13H2,1-3H3,(H,23,25,26). The van der Waals surface area contributed by atoms with Gasteiger partial charge in [-0.3, -0.25) is 9.36 Å². The van der Waals surface area contributed by atoms with Crippen LogP contribution in [0.1, 0.15) is 33.6 Å². The molecule has 4 rings (SSSR count). The molecule has 1 amide bonds. The van der Waals surface area contributed by atoms with Gasteiger partial charge >= 0.3 is 0 Å². The van der Waals surface area contributed by atoms with E-state index in [1.54, 1.807) is 12.5 Å². The molecule has 152 valence electrons. The summed E-state index contributed by atoms with van der Waals surface area (Å²) in [6.45, 7) is 7.73. The van der Waals surface area contributed by atoms with E-state index in [1.165, 1.54) is 0 Å². The Morgan fingerprint density at radius 1 is 1.17 bits per heavy atom. The number of hydrogen-bond donors (Lipinski definition) is 1. The van der Waals surface area contributed by atoms with Gasteiger partial charge in [-0.1, -0.05) is 26.0 Å². The molecule has 0 radical (unpaired) electrons. The lowest BCUT2D eigenvalue weighted by Gasteiger charge is -2.36. The van der Waals surface area contributed by atoms with Gasteiger partial charge in [0.1, 0.15) is 12.1 Å². The largest absolute Gasteiger partial charge is 0.351 e. The van der Waals surface area contributed by atoms with Crippen LogP contribution >= 0.6 is 0 Å². The smallest absolute Gasteiger partial charge is 0.225 e. The number of nitrogens with zero attached hydrogens (tertiary/aromatic N) is 5. The van der Waals surface area contributed by atoms with Crippen LogP contribution in [0.2, 0.25) is 0 Å². The van der Waals surface area contributed by atoms with Gasteiger partial charge < -0.3 is 10.2 Å². The monoisotopic (exact) mass is 392 g/mol. The summed E-state index contributed by atoms with van der Waals surface area (Å²) >= 11 is 0. The van der Waals surface area contributed by atoms with Crippen molar-refractivity contribution in [1.82, 2.24) is 24.4 Å². The number of piperidine rings is 1. The van der Waals surface area contributed by atoms with E-state index in [2.05, 4.69) is 22.2 Å². The molecule has 0 aliphatic carbocycles. The lowest BCUT2D eigenvalue weighted by atomic mass is 9.91. The van der Waals surface area contributed by atoms with Gasteiger partial charge in [0, 0.05) is 31.2 Å². The number of rotatable bonds is 5. The van der Waals surface area contributed by atoms with Gasteiger partial charge in [-0.15, -0.1) is 0 Å². The molecule has 1 aliphatic heterocycles. The number of amides is 1. The van der Waals surface area contributed by atoms with Crippen LogP contribution in [0.15, 0.2) is 42.9 Å². The Balaban J connectivity index is 1.48. The summed E-state index contributed by atoms with van der Waals surface area (Å²) in [5, 5.41) is 3.46. The fraction of sp³-hybridized carbons (Fsp3) is 0.455. The maximum atomic E-state index is 12.4. The molecule has 1 aromatic carbocycles. The summed E-state index contributed by atoms with van der Waals surface area (Å²) in [7, 11) is 0. The minimum Gasteiger partial charge on any atom is -0.351 e. The first-order valence-electron chi connectivity index (χ1n) is 10.3. The minimum atomic E-state index is 0.0435. The van der Waals surface area contributed by atoms with Crippen molar-refractivity contribution in [3.63, 3.8) is 0 Å². The number of fused-ring (bicyclic) bond motifs is 1. The van der Waals surface area contributed by atoms with Crippen molar-refractivity contribution in [2.45, 2.75) is 39.7 Å². The van der Waals surface area contributed by atoms with Crippen LogP contribution in [0, 0.1) is 11.8 Å². The van der Waals surface area contributed by atoms with E-state index in [9.17, 15) is 4.79 Å². The first-order chi connectivity index (χ1) is 14.0. The van der Waals surface area contributed by atoms with E-state index in [4.69, 9.17) is 4.98 Å². The quantitative estimate of drug-likeness (QED) is 0.719. The highest BCUT2D eigenvalue weighted by Gasteiger charge is 2.28. The van der Waals surface area contributed by atoms with Gasteiger partial charge in [0.05, 0.1) is 11.0 Å². The number of aromatic nitrogens is 4. The zero-order valence-corrected chi connectivity index (χ0v) is 17.2. The van der Waals surface area contributed by atoms with E-state index in [0.29, 0.717) is 11.9 Å². The molecule has 0 spiro atoms. The zero-order chi connectivity index (χ0) is 20.4. The Bertz CT molecular complexity index is 998. The van der Waals surface area contributed by atoms with Crippen LogP contribution in [-0.2, 0) is 4.79 Å². The van der Waals surface area contributed by atoms with Gasteiger partial charge in [0.25, 0.3) is 0 Å². The summed E-state index contributed by atoms with van der Waals surface area (Å²) in [6.07, 6.45) is 5.69. The number of benzene rings is 1. The fourth-order valence-electron chi connectivity index (χ4n) is 4.00. The number of nitrogens with one attached hydrogen (secondary N) is 1. The predicted octanol–water partition coefficient (Wildman–Crippen LogP) is 3.51. The van der Waals surface area contributed by atoms with Gasteiger partial charge in [0.2, 0.25) is 11.9 Å². The molecule has 3 aromatic rings.